The molecule has 1 atom stereocenters. The predicted octanol–water partition coefficient (Wildman–Crippen LogP) is 5.61. The lowest BCUT2D eigenvalue weighted by Crippen LogP contribution is -2.52. The van der Waals surface area contributed by atoms with Crippen molar-refractivity contribution < 1.29 is 19.5 Å². The van der Waals surface area contributed by atoms with E-state index in [9.17, 15) is 15.0 Å². The Hall–Kier alpha value is -0.610. The molecule has 1 N–H and O–H groups in total. The van der Waals surface area contributed by atoms with E-state index in [2.05, 4.69) is 27.9 Å². The van der Waals surface area contributed by atoms with E-state index in [1.807, 2.05) is 0 Å². The second-order valence-electron chi connectivity index (χ2n) is 10.2. The van der Waals surface area contributed by atoms with Gasteiger partial charge in [-0.15, -0.1) is 0 Å². The van der Waals surface area contributed by atoms with Crippen molar-refractivity contribution in [2.75, 3.05) is 27.2 Å². The fraction of sp³-hybridized carbons (Fsp3) is 0.962. The van der Waals surface area contributed by atoms with Crippen LogP contribution in [0.15, 0.2) is 0 Å². The summed E-state index contributed by atoms with van der Waals surface area (Å²) in [5, 5.41) is 21.6. The molecule has 30 heavy (non-hydrogen) atoms. The van der Waals surface area contributed by atoms with Crippen LogP contribution in [0.1, 0.15) is 129 Å². The van der Waals surface area contributed by atoms with Crippen molar-refractivity contribution in [1.29, 1.82) is 0 Å². The van der Waals surface area contributed by atoms with E-state index in [4.69, 9.17) is 0 Å². The molecule has 0 aromatic carbocycles. The van der Waals surface area contributed by atoms with Gasteiger partial charge in [0, 0.05) is 5.97 Å². The summed E-state index contributed by atoms with van der Waals surface area (Å²) in [6, 6.07) is 0. The van der Waals surface area contributed by atoms with E-state index in [0.29, 0.717) is 6.42 Å². The number of aliphatic hydroxyl groups is 1. The molecule has 0 saturated heterocycles. The number of rotatable bonds is 22. The summed E-state index contributed by atoms with van der Waals surface area (Å²) in [5.41, 5.74) is -0.576. The number of hydrogen-bond donors (Lipinski definition) is 1. The summed E-state index contributed by atoms with van der Waals surface area (Å²) >= 11 is 0. The maximum absolute atomic E-state index is 11.1. The van der Waals surface area contributed by atoms with Gasteiger partial charge in [-0.3, -0.25) is 0 Å². The van der Waals surface area contributed by atoms with Gasteiger partial charge in [0.25, 0.3) is 0 Å². The highest BCUT2D eigenvalue weighted by atomic mass is 16.4. The molecule has 0 aromatic heterocycles. The molecule has 1 unspecified atom stereocenters. The highest BCUT2D eigenvalue weighted by Gasteiger charge is 2.32. The number of carbonyl (C=O) groups is 1. The van der Waals surface area contributed by atoms with E-state index in [-0.39, 0.29) is 6.42 Å². The molecule has 0 fully saturated rings. The maximum Gasteiger partial charge on any atom is 0.113 e. The Balaban J connectivity index is 3.83. The highest BCUT2D eigenvalue weighted by molar-refractivity contribution is 5.64. The number of unbranched alkanes of at least 4 members (excludes halogenated alkanes) is 13. The monoisotopic (exact) mass is 427 g/mol. The minimum Gasteiger partial charge on any atom is -0.550 e. The van der Waals surface area contributed by atoms with Crippen LogP contribution in [0.5, 0.6) is 0 Å². The summed E-state index contributed by atoms with van der Waals surface area (Å²) in [4.78, 5) is 10.5. The van der Waals surface area contributed by atoms with Crippen molar-refractivity contribution in [2.45, 2.75) is 135 Å². The Bertz CT molecular complexity index is 411. The van der Waals surface area contributed by atoms with Gasteiger partial charge in [-0.1, -0.05) is 90.9 Å². The number of nitrogens with zero attached hydrogens (tertiary/aromatic N) is 1. The predicted molar refractivity (Wildman–Crippen MR) is 126 cm³/mol. The Morgan fingerprint density at radius 1 is 0.767 bits per heavy atom. The van der Waals surface area contributed by atoms with E-state index in [0.717, 1.165) is 49.7 Å². The number of aliphatic carboxylic acids is 1. The molecule has 0 spiro atoms. The number of carboxylic acids is 1. The molecule has 0 amide bonds. The lowest BCUT2D eigenvalue weighted by molar-refractivity contribution is -0.897. The first-order valence-electron chi connectivity index (χ1n) is 13.0. The first kappa shape index (κ1) is 29.4. The molecule has 0 rings (SSSR count). The van der Waals surface area contributed by atoms with Gasteiger partial charge in [0.05, 0.1) is 20.6 Å². The zero-order valence-corrected chi connectivity index (χ0v) is 20.9. The minimum absolute atomic E-state index is 0.158. The van der Waals surface area contributed by atoms with Gasteiger partial charge in [-0.2, -0.15) is 0 Å². The van der Waals surface area contributed by atoms with Crippen molar-refractivity contribution in [1.82, 2.24) is 0 Å². The fourth-order valence-electron chi connectivity index (χ4n) is 4.52. The second-order valence-corrected chi connectivity index (χ2v) is 10.2. The van der Waals surface area contributed by atoms with Crippen LogP contribution in [0.2, 0.25) is 0 Å². The summed E-state index contributed by atoms with van der Waals surface area (Å²) < 4.78 is 0.800. The van der Waals surface area contributed by atoms with E-state index in [1.54, 1.807) is 0 Å². The molecule has 0 radical (unpaired) electrons. The quantitative estimate of drug-likeness (QED) is 0.180. The van der Waals surface area contributed by atoms with Gasteiger partial charge < -0.3 is 19.5 Å². The Kier molecular flexibility index (Phi) is 17.6. The van der Waals surface area contributed by atoms with Crippen LogP contribution in [-0.4, -0.2) is 48.3 Å². The zero-order valence-electron chi connectivity index (χ0n) is 20.9. The van der Waals surface area contributed by atoms with Gasteiger partial charge in [-0.05, 0) is 38.5 Å². The lowest BCUT2D eigenvalue weighted by atomic mass is 9.91. The van der Waals surface area contributed by atoms with Crippen LogP contribution >= 0.6 is 0 Å². The normalized spacial score (nSPS) is 14.0. The van der Waals surface area contributed by atoms with Crippen molar-refractivity contribution in [3.8, 4) is 0 Å². The molecular weight excluding hydrogens is 374 g/mol. The molecule has 0 heterocycles. The molecule has 0 aliphatic rings. The largest absolute Gasteiger partial charge is 0.550 e. The molecule has 4 nitrogen and oxygen atoms in total. The molecule has 0 aromatic rings. The summed E-state index contributed by atoms with van der Waals surface area (Å²) in [6.07, 6.45) is 20.6. The molecule has 180 valence electrons. The zero-order chi connectivity index (χ0) is 22.7. The SMILES string of the molecule is CCCCCCCCCCCCCCC(O)(CC)C[N+](C)(C)CCCCCC(=O)[O-]. The van der Waals surface area contributed by atoms with Crippen LogP contribution < -0.4 is 5.11 Å². The first-order chi connectivity index (χ1) is 14.2. The summed E-state index contributed by atoms with van der Waals surface area (Å²) in [6.45, 7) is 6.13. The number of carbonyl (C=O) groups excluding carboxylic acids is 1. The molecule has 0 aliphatic carbocycles. The Morgan fingerprint density at radius 2 is 1.23 bits per heavy atom. The topological polar surface area (TPSA) is 60.4 Å². The van der Waals surface area contributed by atoms with Gasteiger partial charge >= 0.3 is 0 Å². The van der Waals surface area contributed by atoms with Gasteiger partial charge in [0.1, 0.15) is 12.1 Å². The molecular formula is C26H53NO3. The molecule has 0 aliphatic heterocycles. The average molecular weight is 428 g/mol. The van der Waals surface area contributed by atoms with E-state index < -0.39 is 11.6 Å². The highest BCUT2D eigenvalue weighted by Crippen LogP contribution is 2.24. The fourth-order valence-corrected chi connectivity index (χ4v) is 4.52. The number of carboxylic acid groups (broad SMARTS) is 1. The number of likely N-dealkylation sites (N-methyl/N-ethyl adjacent to an activating group) is 1. The van der Waals surface area contributed by atoms with E-state index >= 15 is 0 Å². The van der Waals surface area contributed by atoms with Crippen molar-refractivity contribution in [2.24, 2.45) is 0 Å². The standard InChI is InChI=1S/C26H53NO3/c1-5-7-8-9-10-11-12-13-14-15-16-19-22-26(30,6-2)24-27(3,4)23-20-17-18-21-25(28)29/h30H,5-24H2,1-4H3. The Morgan fingerprint density at radius 3 is 1.70 bits per heavy atom. The van der Waals surface area contributed by atoms with Crippen LogP contribution in [0, 0.1) is 0 Å². The van der Waals surface area contributed by atoms with Crippen molar-refractivity contribution >= 4 is 5.97 Å². The van der Waals surface area contributed by atoms with E-state index in [1.165, 1.54) is 70.6 Å². The minimum atomic E-state index is -0.952. The first-order valence-corrected chi connectivity index (χ1v) is 13.0. The van der Waals surface area contributed by atoms with Gasteiger partial charge in [0.2, 0.25) is 0 Å². The van der Waals surface area contributed by atoms with Gasteiger partial charge in [-0.25, -0.2) is 0 Å². The van der Waals surface area contributed by atoms with Crippen LogP contribution in [0.25, 0.3) is 0 Å². The number of quaternary nitrogens is 1. The second kappa shape index (κ2) is 18.0. The molecule has 4 heteroatoms. The van der Waals surface area contributed by atoms with Crippen LogP contribution in [0.4, 0.5) is 0 Å². The lowest BCUT2D eigenvalue weighted by Gasteiger charge is -2.38. The van der Waals surface area contributed by atoms with Gasteiger partial charge in [0.15, 0.2) is 0 Å². The van der Waals surface area contributed by atoms with Crippen molar-refractivity contribution in [3.63, 3.8) is 0 Å². The summed E-state index contributed by atoms with van der Waals surface area (Å²) in [5.74, 6) is -0.952. The van der Waals surface area contributed by atoms with Crippen molar-refractivity contribution in [3.05, 3.63) is 0 Å². The maximum atomic E-state index is 11.1. The third-order valence-corrected chi connectivity index (χ3v) is 6.52. The molecule has 0 bridgehead atoms. The number of hydrogen-bond acceptors (Lipinski definition) is 3. The third-order valence-electron chi connectivity index (χ3n) is 6.52. The summed E-state index contributed by atoms with van der Waals surface area (Å²) in [7, 11) is 4.36. The smallest absolute Gasteiger partial charge is 0.113 e. The van der Waals surface area contributed by atoms with Crippen LogP contribution in [0.3, 0.4) is 0 Å². The average Bonchev–Trinajstić information content (AvgIpc) is 2.68. The third kappa shape index (κ3) is 18.2. The van der Waals surface area contributed by atoms with Crippen LogP contribution in [-0.2, 0) is 4.79 Å². The molecule has 0 saturated carbocycles. The Labute approximate surface area is 188 Å².